The minimum absolute atomic E-state index is 0.186. The molecule has 0 aliphatic carbocycles. The first-order valence-electron chi connectivity index (χ1n) is 7.75. The van der Waals surface area contributed by atoms with Crippen molar-refractivity contribution in [1.82, 2.24) is 9.88 Å². The van der Waals surface area contributed by atoms with Crippen LogP contribution < -0.4 is 5.73 Å². The minimum atomic E-state index is -0.354. The van der Waals surface area contributed by atoms with Crippen molar-refractivity contribution in [1.29, 1.82) is 0 Å². The lowest BCUT2D eigenvalue weighted by molar-refractivity contribution is -0.122. The third kappa shape index (κ3) is 3.47. The SMILES string of the molecule is COC(=O)c1ccc(-c2nc(CN3CCCC3C(N)=O)cs2)cc1. The van der Waals surface area contributed by atoms with E-state index in [0.717, 1.165) is 35.7 Å². The van der Waals surface area contributed by atoms with Gasteiger partial charge in [-0.3, -0.25) is 9.69 Å². The Balaban J connectivity index is 1.71. The van der Waals surface area contributed by atoms with E-state index < -0.39 is 0 Å². The standard InChI is InChI=1S/C17H19N3O3S/c1-23-17(22)12-6-4-11(5-7-12)16-19-13(10-24-16)9-20-8-2-3-14(20)15(18)21/h4-7,10,14H,2-3,8-9H2,1H3,(H2,18,21). The average molecular weight is 345 g/mol. The Kier molecular flexibility index (Phi) is 4.92. The molecule has 1 aliphatic heterocycles. The maximum Gasteiger partial charge on any atom is 0.337 e. The second-order valence-electron chi connectivity index (χ2n) is 5.74. The molecule has 0 bridgehead atoms. The molecule has 1 saturated heterocycles. The minimum Gasteiger partial charge on any atom is -0.465 e. The Hall–Kier alpha value is -2.25. The van der Waals surface area contributed by atoms with Gasteiger partial charge in [-0.25, -0.2) is 9.78 Å². The summed E-state index contributed by atoms with van der Waals surface area (Å²) in [7, 11) is 1.36. The van der Waals surface area contributed by atoms with Crippen molar-refractivity contribution in [2.45, 2.75) is 25.4 Å². The van der Waals surface area contributed by atoms with Crippen molar-refractivity contribution in [3.8, 4) is 10.6 Å². The number of carbonyl (C=O) groups is 2. The fourth-order valence-corrected chi connectivity index (χ4v) is 3.74. The predicted molar refractivity (Wildman–Crippen MR) is 91.5 cm³/mol. The van der Waals surface area contributed by atoms with Crippen molar-refractivity contribution < 1.29 is 14.3 Å². The lowest BCUT2D eigenvalue weighted by Crippen LogP contribution is -2.39. The largest absolute Gasteiger partial charge is 0.465 e. The van der Waals surface area contributed by atoms with Gasteiger partial charge in [-0.1, -0.05) is 12.1 Å². The van der Waals surface area contributed by atoms with Gasteiger partial charge >= 0.3 is 5.97 Å². The maximum atomic E-state index is 11.5. The highest BCUT2D eigenvalue weighted by molar-refractivity contribution is 7.13. The molecular weight excluding hydrogens is 326 g/mol. The highest BCUT2D eigenvalue weighted by atomic mass is 32.1. The third-order valence-electron chi connectivity index (χ3n) is 4.16. The van der Waals surface area contributed by atoms with Gasteiger partial charge in [0.2, 0.25) is 5.91 Å². The number of benzene rings is 1. The van der Waals surface area contributed by atoms with Gasteiger partial charge in [-0.15, -0.1) is 11.3 Å². The number of nitrogens with zero attached hydrogens (tertiary/aromatic N) is 2. The summed E-state index contributed by atoms with van der Waals surface area (Å²) in [6, 6.07) is 6.99. The van der Waals surface area contributed by atoms with E-state index in [9.17, 15) is 9.59 Å². The molecule has 6 nitrogen and oxygen atoms in total. The molecular formula is C17H19N3O3S. The van der Waals surface area contributed by atoms with E-state index in [-0.39, 0.29) is 17.9 Å². The van der Waals surface area contributed by atoms with Crippen LogP contribution in [0, 0.1) is 0 Å². The topological polar surface area (TPSA) is 85.5 Å². The van der Waals surface area contributed by atoms with Crippen LogP contribution in [0.15, 0.2) is 29.6 Å². The molecule has 1 unspecified atom stereocenters. The molecule has 2 aromatic rings. The van der Waals surface area contributed by atoms with Crippen LogP contribution in [-0.4, -0.2) is 41.5 Å². The second kappa shape index (κ2) is 7.11. The van der Waals surface area contributed by atoms with Crippen molar-refractivity contribution in [2.75, 3.05) is 13.7 Å². The van der Waals surface area contributed by atoms with Gasteiger partial charge in [-0.05, 0) is 31.5 Å². The molecule has 1 amide bonds. The Morgan fingerprint density at radius 2 is 2.12 bits per heavy atom. The zero-order chi connectivity index (χ0) is 17.1. The molecule has 1 aromatic heterocycles. The molecule has 126 valence electrons. The number of carbonyl (C=O) groups excluding carboxylic acids is 2. The number of hydrogen-bond acceptors (Lipinski definition) is 6. The smallest absolute Gasteiger partial charge is 0.337 e. The second-order valence-corrected chi connectivity index (χ2v) is 6.60. The van der Waals surface area contributed by atoms with Gasteiger partial charge in [0.25, 0.3) is 0 Å². The highest BCUT2D eigenvalue weighted by Crippen LogP contribution is 2.26. The number of esters is 1. The number of ether oxygens (including phenoxy) is 1. The summed E-state index contributed by atoms with van der Waals surface area (Å²) < 4.78 is 4.69. The summed E-state index contributed by atoms with van der Waals surface area (Å²) >= 11 is 1.55. The number of hydrogen-bond donors (Lipinski definition) is 1. The summed E-state index contributed by atoms with van der Waals surface area (Å²) in [5, 5.41) is 2.89. The monoisotopic (exact) mass is 345 g/mol. The van der Waals surface area contributed by atoms with Crippen LogP contribution in [0.2, 0.25) is 0 Å². The highest BCUT2D eigenvalue weighted by Gasteiger charge is 2.29. The summed E-state index contributed by atoms with van der Waals surface area (Å²) in [5.41, 5.74) is 7.85. The van der Waals surface area contributed by atoms with E-state index in [1.54, 1.807) is 23.5 Å². The number of nitrogens with two attached hydrogens (primary N) is 1. The van der Waals surface area contributed by atoms with Crippen molar-refractivity contribution in [3.63, 3.8) is 0 Å². The van der Waals surface area contributed by atoms with Crippen LogP contribution in [0.1, 0.15) is 28.9 Å². The van der Waals surface area contributed by atoms with Gasteiger partial charge in [-0.2, -0.15) is 0 Å². The summed E-state index contributed by atoms with van der Waals surface area (Å²) in [5.74, 6) is -0.616. The number of primary amides is 1. The van der Waals surface area contributed by atoms with Gasteiger partial charge < -0.3 is 10.5 Å². The van der Waals surface area contributed by atoms with E-state index in [2.05, 4.69) is 9.88 Å². The zero-order valence-electron chi connectivity index (χ0n) is 13.4. The molecule has 0 spiro atoms. The van der Waals surface area contributed by atoms with E-state index in [4.69, 9.17) is 10.5 Å². The van der Waals surface area contributed by atoms with E-state index in [1.165, 1.54) is 7.11 Å². The fraction of sp³-hybridized carbons (Fsp3) is 0.353. The van der Waals surface area contributed by atoms with Gasteiger partial charge in [0.1, 0.15) is 5.01 Å². The van der Waals surface area contributed by atoms with E-state index in [0.29, 0.717) is 12.1 Å². The Labute approximate surface area is 144 Å². The molecule has 2 N–H and O–H groups in total. The van der Waals surface area contributed by atoms with Crippen LogP contribution in [0.4, 0.5) is 0 Å². The Bertz CT molecular complexity index is 742. The van der Waals surface area contributed by atoms with Crippen LogP contribution in [0.5, 0.6) is 0 Å². The third-order valence-corrected chi connectivity index (χ3v) is 5.10. The first-order chi connectivity index (χ1) is 11.6. The molecule has 2 heterocycles. The number of rotatable bonds is 5. The van der Waals surface area contributed by atoms with Crippen LogP contribution >= 0.6 is 11.3 Å². The summed E-state index contributed by atoms with van der Waals surface area (Å²) in [6.07, 6.45) is 1.81. The summed E-state index contributed by atoms with van der Waals surface area (Å²) in [6.45, 7) is 1.50. The van der Waals surface area contributed by atoms with Crippen LogP contribution in [0.25, 0.3) is 10.6 Å². The summed E-state index contributed by atoms with van der Waals surface area (Å²) in [4.78, 5) is 29.7. The van der Waals surface area contributed by atoms with Gasteiger partial charge in [0.05, 0.1) is 24.4 Å². The fourth-order valence-electron chi connectivity index (χ4n) is 2.92. The van der Waals surface area contributed by atoms with Crippen molar-refractivity contribution in [2.24, 2.45) is 5.73 Å². The molecule has 0 saturated carbocycles. The number of thiazole rings is 1. The number of amides is 1. The van der Waals surface area contributed by atoms with Gasteiger partial charge in [0.15, 0.2) is 0 Å². The number of methoxy groups -OCH3 is 1. The van der Waals surface area contributed by atoms with E-state index in [1.807, 2.05) is 17.5 Å². The van der Waals surface area contributed by atoms with E-state index >= 15 is 0 Å². The molecule has 1 aliphatic rings. The predicted octanol–water partition coefficient (Wildman–Crippen LogP) is 2.05. The maximum absolute atomic E-state index is 11.5. The molecule has 0 radical (unpaired) electrons. The molecule has 24 heavy (non-hydrogen) atoms. The quantitative estimate of drug-likeness (QED) is 0.838. The molecule has 3 rings (SSSR count). The molecule has 1 aromatic carbocycles. The number of likely N-dealkylation sites (tertiary alicyclic amines) is 1. The lowest BCUT2D eigenvalue weighted by Gasteiger charge is -2.20. The van der Waals surface area contributed by atoms with Crippen LogP contribution in [0.3, 0.4) is 0 Å². The first-order valence-corrected chi connectivity index (χ1v) is 8.63. The first kappa shape index (κ1) is 16.6. The Morgan fingerprint density at radius 1 is 1.38 bits per heavy atom. The normalized spacial score (nSPS) is 17.8. The molecule has 1 fully saturated rings. The van der Waals surface area contributed by atoms with Crippen molar-refractivity contribution >= 4 is 23.2 Å². The lowest BCUT2D eigenvalue weighted by atomic mass is 10.1. The number of aromatic nitrogens is 1. The molecule has 1 atom stereocenters. The zero-order valence-corrected chi connectivity index (χ0v) is 14.2. The van der Waals surface area contributed by atoms with Gasteiger partial charge in [0, 0.05) is 17.5 Å². The van der Waals surface area contributed by atoms with Crippen molar-refractivity contribution in [3.05, 3.63) is 40.9 Å². The van der Waals surface area contributed by atoms with Crippen LogP contribution in [-0.2, 0) is 16.1 Å². The Morgan fingerprint density at radius 3 is 2.79 bits per heavy atom. The molecule has 7 heteroatoms. The average Bonchev–Trinajstić information content (AvgIpc) is 3.24.